The Labute approximate surface area is 135 Å². The average molecular weight is 343 g/mol. The van der Waals surface area contributed by atoms with Crippen molar-refractivity contribution < 1.29 is 17.9 Å². The summed E-state index contributed by atoms with van der Waals surface area (Å²) in [6.45, 7) is 0.612. The number of ether oxygens (including phenoxy) is 1. The number of guanidine groups is 1. The molecule has 124 valence electrons. The summed E-state index contributed by atoms with van der Waals surface area (Å²) < 4.78 is 40.9. The quantitative estimate of drug-likeness (QED) is 0.625. The standard InChI is InChI=1S/C15H16F3N3OS/c16-15(17,18)22-13-6-2-1-4-11(13)10-21-14(19)20-8-7-12-5-3-9-23-12/h1-6,9H,7-8,10H2,(H3,19,20,21). The number of para-hydroxylation sites is 1. The normalized spacial score (nSPS) is 12.2. The third-order valence-electron chi connectivity index (χ3n) is 2.88. The SMILES string of the molecule is NC(=NCc1ccccc1OC(F)(F)F)NCCc1cccs1. The molecule has 1 heterocycles. The third-order valence-corrected chi connectivity index (χ3v) is 3.81. The molecular formula is C15H16F3N3OS. The van der Waals surface area contributed by atoms with E-state index in [9.17, 15) is 13.2 Å². The fourth-order valence-corrected chi connectivity index (χ4v) is 2.56. The van der Waals surface area contributed by atoms with Crippen LogP contribution >= 0.6 is 11.3 Å². The predicted molar refractivity (Wildman–Crippen MR) is 84.5 cm³/mol. The highest BCUT2D eigenvalue weighted by Gasteiger charge is 2.31. The van der Waals surface area contributed by atoms with Crippen molar-refractivity contribution in [3.8, 4) is 5.75 Å². The lowest BCUT2D eigenvalue weighted by atomic mass is 10.2. The Morgan fingerprint density at radius 1 is 1.22 bits per heavy atom. The van der Waals surface area contributed by atoms with Crippen LogP contribution in [0, 0.1) is 0 Å². The van der Waals surface area contributed by atoms with Gasteiger partial charge in [0.25, 0.3) is 0 Å². The van der Waals surface area contributed by atoms with Gasteiger partial charge in [-0.15, -0.1) is 24.5 Å². The first-order valence-corrected chi connectivity index (χ1v) is 7.72. The molecule has 0 atom stereocenters. The summed E-state index contributed by atoms with van der Waals surface area (Å²) in [5, 5.41) is 4.92. The van der Waals surface area contributed by atoms with E-state index in [0.717, 1.165) is 6.42 Å². The second-order valence-corrected chi connectivity index (χ2v) is 5.65. The molecule has 4 nitrogen and oxygen atoms in total. The third kappa shape index (κ3) is 6.19. The van der Waals surface area contributed by atoms with Crippen molar-refractivity contribution in [3.05, 3.63) is 52.2 Å². The zero-order chi connectivity index (χ0) is 16.7. The molecule has 0 fully saturated rings. The van der Waals surface area contributed by atoms with E-state index in [1.165, 1.54) is 23.1 Å². The van der Waals surface area contributed by atoms with Crippen LogP contribution in [0.5, 0.6) is 5.75 Å². The summed E-state index contributed by atoms with van der Waals surface area (Å²) in [4.78, 5) is 5.26. The zero-order valence-corrected chi connectivity index (χ0v) is 13.0. The van der Waals surface area contributed by atoms with E-state index in [2.05, 4.69) is 15.0 Å². The summed E-state index contributed by atoms with van der Waals surface area (Å²) in [6.07, 6.45) is -3.92. The number of nitrogens with two attached hydrogens (primary N) is 1. The van der Waals surface area contributed by atoms with Crippen LogP contribution < -0.4 is 15.8 Å². The predicted octanol–water partition coefficient (Wildman–Crippen LogP) is 3.29. The van der Waals surface area contributed by atoms with Crippen LogP contribution in [0.2, 0.25) is 0 Å². The minimum absolute atomic E-state index is 0.00406. The molecule has 23 heavy (non-hydrogen) atoms. The van der Waals surface area contributed by atoms with Gasteiger partial charge in [-0.05, 0) is 23.9 Å². The molecule has 0 aliphatic heterocycles. The second-order valence-electron chi connectivity index (χ2n) is 4.61. The number of alkyl halides is 3. The fourth-order valence-electron chi connectivity index (χ4n) is 1.85. The van der Waals surface area contributed by atoms with E-state index in [-0.39, 0.29) is 18.3 Å². The monoisotopic (exact) mass is 343 g/mol. The minimum Gasteiger partial charge on any atom is -0.405 e. The molecule has 1 aromatic carbocycles. The van der Waals surface area contributed by atoms with Gasteiger partial charge >= 0.3 is 6.36 Å². The number of benzene rings is 1. The van der Waals surface area contributed by atoms with Gasteiger partial charge in [-0.3, -0.25) is 0 Å². The van der Waals surface area contributed by atoms with Gasteiger partial charge in [0.2, 0.25) is 0 Å². The van der Waals surface area contributed by atoms with Gasteiger partial charge in [-0.25, -0.2) is 4.99 Å². The smallest absolute Gasteiger partial charge is 0.405 e. The lowest BCUT2D eigenvalue weighted by molar-refractivity contribution is -0.274. The van der Waals surface area contributed by atoms with Gasteiger partial charge in [0.05, 0.1) is 6.54 Å². The highest BCUT2D eigenvalue weighted by molar-refractivity contribution is 7.09. The number of aliphatic imine (C=N–C) groups is 1. The largest absolute Gasteiger partial charge is 0.573 e. The first-order chi connectivity index (χ1) is 10.9. The van der Waals surface area contributed by atoms with Crippen LogP contribution in [0.25, 0.3) is 0 Å². The maximum atomic E-state index is 12.3. The van der Waals surface area contributed by atoms with E-state index in [0.29, 0.717) is 12.1 Å². The number of hydrogen-bond donors (Lipinski definition) is 2. The van der Waals surface area contributed by atoms with Crippen molar-refractivity contribution in [3.63, 3.8) is 0 Å². The van der Waals surface area contributed by atoms with Crippen LogP contribution in [0.3, 0.4) is 0 Å². The topological polar surface area (TPSA) is 59.6 Å². The van der Waals surface area contributed by atoms with Crippen molar-refractivity contribution in [2.75, 3.05) is 6.54 Å². The molecule has 0 amide bonds. The molecule has 0 aliphatic carbocycles. The van der Waals surface area contributed by atoms with Crippen LogP contribution in [-0.4, -0.2) is 18.9 Å². The van der Waals surface area contributed by atoms with E-state index < -0.39 is 6.36 Å². The first kappa shape index (κ1) is 17.1. The molecule has 0 saturated carbocycles. The lowest BCUT2D eigenvalue weighted by Crippen LogP contribution is -2.33. The number of halogens is 3. The van der Waals surface area contributed by atoms with E-state index in [4.69, 9.17) is 5.73 Å². The minimum atomic E-state index is -4.73. The molecule has 0 unspecified atom stereocenters. The Bertz CT molecular complexity index is 642. The van der Waals surface area contributed by atoms with Crippen molar-refractivity contribution in [2.24, 2.45) is 10.7 Å². The number of nitrogens with zero attached hydrogens (tertiary/aromatic N) is 1. The van der Waals surface area contributed by atoms with Crippen LogP contribution in [0.15, 0.2) is 46.8 Å². The molecule has 3 N–H and O–H groups in total. The molecular weight excluding hydrogens is 327 g/mol. The number of hydrogen-bond acceptors (Lipinski definition) is 3. The number of nitrogens with one attached hydrogen (secondary N) is 1. The molecule has 1 aromatic heterocycles. The Morgan fingerprint density at radius 3 is 2.70 bits per heavy atom. The van der Waals surface area contributed by atoms with E-state index >= 15 is 0 Å². The number of rotatable bonds is 6. The highest BCUT2D eigenvalue weighted by Crippen LogP contribution is 2.26. The summed E-state index contributed by atoms with van der Waals surface area (Å²) in [5.74, 6) is -0.0847. The summed E-state index contributed by atoms with van der Waals surface area (Å²) in [6, 6.07) is 9.84. The molecule has 8 heteroatoms. The van der Waals surface area contributed by atoms with Gasteiger partial charge in [0.15, 0.2) is 5.96 Å². The summed E-state index contributed by atoms with van der Waals surface area (Å²) in [7, 11) is 0. The average Bonchev–Trinajstić information content (AvgIpc) is 2.98. The fraction of sp³-hybridized carbons (Fsp3) is 0.267. The molecule has 0 bridgehead atoms. The molecule has 0 saturated heterocycles. The van der Waals surface area contributed by atoms with Crippen molar-refractivity contribution in [1.82, 2.24) is 5.32 Å². The van der Waals surface area contributed by atoms with Gasteiger partial charge in [0.1, 0.15) is 5.75 Å². The molecule has 0 aliphatic rings. The number of thiophene rings is 1. The Balaban J connectivity index is 1.88. The van der Waals surface area contributed by atoms with Crippen molar-refractivity contribution in [1.29, 1.82) is 0 Å². The Morgan fingerprint density at radius 2 is 2.00 bits per heavy atom. The van der Waals surface area contributed by atoms with Crippen LogP contribution in [0.1, 0.15) is 10.4 Å². The van der Waals surface area contributed by atoms with Crippen molar-refractivity contribution in [2.45, 2.75) is 19.3 Å². The highest BCUT2D eigenvalue weighted by atomic mass is 32.1. The van der Waals surface area contributed by atoms with Crippen LogP contribution in [0.4, 0.5) is 13.2 Å². The van der Waals surface area contributed by atoms with E-state index in [1.54, 1.807) is 17.4 Å². The lowest BCUT2D eigenvalue weighted by Gasteiger charge is -2.12. The maximum Gasteiger partial charge on any atom is 0.573 e. The zero-order valence-electron chi connectivity index (χ0n) is 12.1. The van der Waals surface area contributed by atoms with Gasteiger partial charge in [0, 0.05) is 17.0 Å². The van der Waals surface area contributed by atoms with Crippen molar-refractivity contribution >= 4 is 17.3 Å². The van der Waals surface area contributed by atoms with Gasteiger partial charge in [-0.1, -0.05) is 24.3 Å². The Kier molecular flexibility index (Phi) is 5.86. The molecule has 0 radical (unpaired) electrons. The molecule has 2 aromatic rings. The molecule has 2 rings (SSSR count). The second kappa shape index (κ2) is 7.87. The maximum absolute atomic E-state index is 12.3. The van der Waals surface area contributed by atoms with E-state index in [1.807, 2.05) is 17.5 Å². The van der Waals surface area contributed by atoms with Gasteiger partial charge in [-0.2, -0.15) is 0 Å². The summed E-state index contributed by atoms with van der Waals surface area (Å²) >= 11 is 1.65. The van der Waals surface area contributed by atoms with Crippen LogP contribution in [-0.2, 0) is 13.0 Å². The summed E-state index contributed by atoms with van der Waals surface area (Å²) in [5.41, 5.74) is 6.03. The molecule has 0 spiro atoms. The first-order valence-electron chi connectivity index (χ1n) is 6.84. The Hall–Kier alpha value is -2.22. The van der Waals surface area contributed by atoms with Gasteiger partial charge < -0.3 is 15.8 Å².